The molecule has 0 atom stereocenters. The zero-order valence-electron chi connectivity index (χ0n) is 6.62. The summed E-state index contributed by atoms with van der Waals surface area (Å²) in [6, 6.07) is 2.42. The summed E-state index contributed by atoms with van der Waals surface area (Å²) in [5.74, 6) is -0.676. The van der Waals surface area contributed by atoms with Gasteiger partial charge in [-0.25, -0.2) is 0 Å². The Morgan fingerprint density at radius 3 is 2.93 bits per heavy atom. The molecule has 1 aromatic carbocycles. The lowest BCUT2D eigenvalue weighted by Gasteiger charge is -1.93. The fraction of sp³-hybridized carbons (Fsp3) is 0. The van der Waals surface area contributed by atoms with Crippen LogP contribution in [-0.2, 0) is 0 Å². The van der Waals surface area contributed by atoms with Crippen LogP contribution in [0.5, 0.6) is 0 Å². The Morgan fingerprint density at radius 2 is 2.29 bits per heavy atom. The van der Waals surface area contributed by atoms with Crippen molar-refractivity contribution in [3.63, 3.8) is 0 Å². The molecule has 72 valence electrons. The molecule has 1 heterocycles. The van der Waals surface area contributed by atoms with Gasteiger partial charge in [0.1, 0.15) is 5.52 Å². The van der Waals surface area contributed by atoms with E-state index >= 15 is 0 Å². The van der Waals surface area contributed by atoms with Crippen LogP contribution in [0.3, 0.4) is 0 Å². The average Bonchev–Trinajstić information content (AvgIpc) is 2.48. The van der Waals surface area contributed by atoms with Crippen LogP contribution in [0.2, 0.25) is 0 Å². The summed E-state index contributed by atoms with van der Waals surface area (Å²) >= 11 is 3.08. The van der Waals surface area contributed by atoms with Gasteiger partial charge >= 0.3 is 0 Å². The molecule has 0 bridgehead atoms. The highest BCUT2D eigenvalue weighted by atomic mass is 79.9. The van der Waals surface area contributed by atoms with Crippen molar-refractivity contribution < 1.29 is 9.31 Å². The molecule has 0 saturated carbocycles. The molecule has 0 aliphatic rings. The second-order valence-electron chi connectivity index (χ2n) is 2.62. The van der Waals surface area contributed by atoms with E-state index in [0.717, 1.165) is 6.07 Å². The van der Waals surface area contributed by atoms with E-state index in [1.165, 1.54) is 6.07 Å². The first-order valence-electron chi connectivity index (χ1n) is 3.57. The lowest BCUT2D eigenvalue weighted by atomic mass is 10.2. The molecule has 0 unspecified atom stereocenters. The maximum atomic E-state index is 13.0. The molecule has 0 saturated heterocycles. The SMILES string of the molecule is O=[N+]([O-])c1cc(Br)c2n[nH]c(F)c2c1. The average molecular weight is 260 g/mol. The molecule has 1 N–H and O–H groups in total. The van der Waals surface area contributed by atoms with Gasteiger partial charge in [-0.05, 0) is 15.9 Å². The van der Waals surface area contributed by atoms with E-state index in [0.29, 0.717) is 9.99 Å². The van der Waals surface area contributed by atoms with Gasteiger partial charge < -0.3 is 0 Å². The number of nitro groups is 1. The quantitative estimate of drug-likeness (QED) is 0.631. The van der Waals surface area contributed by atoms with Gasteiger partial charge in [-0.3, -0.25) is 15.2 Å². The standard InChI is InChI=1S/C7H3BrFN3O2/c8-5-2-3(12(13)14)1-4-6(5)10-11-7(4)9/h1-2H,(H,10,11). The number of benzene rings is 1. The van der Waals surface area contributed by atoms with Crippen LogP contribution in [-0.4, -0.2) is 15.1 Å². The summed E-state index contributed by atoms with van der Waals surface area (Å²) < 4.78 is 13.4. The first-order chi connectivity index (χ1) is 6.59. The highest BCUT2D eigenvalue weighted by molar-refractivity contribution is 9.10. The zero-order chi connectivity index (χ0) is 10.3. The molecule has 1 aromatic heterocycles. The first kappa shape index (κ1) is 9.07. The van der Waals surface area contributed by atoms with Crippen molar-refractivity contribution in [2.24, 2.45) is 0 Å². The number of hydrogen-bond acceptors (Lipinski definition) is 3. The Morgan fingerprint density at radius 1 is 1.57 bits per heavy atom. The van der Waals surface area contributed by atoms with Gasteiger partial charge in [0.05, 0.1) is 14.8 Å². The minimum Gasteiger partial charge on any atom is -0.258 e. The molecule has 0 radical (unpaired) electrons. The lowest BCUT2D eigenvalue weighted by molar-refractivity contribution is -0.384. The number of aromatic amines is 1. The zero-order valence-corrected chi connectivity index (χ0v) is 8.21. The Hall–Kier alpha value is -1.50. The summed E-state index contributed by atoms with van der Waals surface area (Å²) in [4.78, 5) is 9.88. The Balaban J connectivity index is 2.82. The summed E-state index contributed by atoms with van der Waals surface area (Å²) in [6.45, 7) is 0. The van der Waals surface area contributed by atoms with Crippen molar-refractivity contribution >= 4 is 32.5 Å². The molecular weight excluding hydrogens is 257 g/mol. The molecule has 0 amide bonds. The molecule has 0 fully saturated rings. The van der Waals surface area contributed by atoms with E-state index in [1.807, 2.05) is 0 Å². The maximum Gasteiger partial charge on any atom is 0.271 e. The van der Waals surface area contributed by atoms with Gasteiger partial charge in [0.2, 0.25) is 5.95 Å². The van der Waals surface area contributed by atoms with E-state index in [4.69, 9.17) is 0 Å². The minimum absolute atomic E-state index is 0.103. The first-order valence-corrected chi connectivity index (χ1v) is 4.36. The lowest BCUT2D eigenvalue weighted by Crippen LogP contribution is -1.88. The number of nitrogens with one attached hydrogen (secondary N) is 1. The molecule has 0 aliphatic carbocycles. The van der Waals surface area contributed by atoms with Gasteiger partial charge in [-0.2, -0.15) is 9.49 Å². The van der Waals surface area contributed by atoms with Gasteiger partial charge in [0, 0.05) is 12.1 Å². The van der Waals surface area contributed by atoms with Crippen LogP contribution in [0.15, 0.2) is 16.6 Å². The summed E-state index contributed by atoms with van der Waals surface area (Å²) in [5.41, 5.74) is 0.165. The number of nitro benzene ring substituents is 1. The van der Waals surface area contributed by atoms with Crippen LogP contribution in [0, 0.1) is 16.1 Å². The van der Waals surface area contributed by atoms with Crippen LogP contribution in [0.4, 0.5) is 10.1 Å². The highest BCUT2D eigenvalue weighted by Crippen LogP contribution is 2.28. The maximum absolute atomic E-state index is 13.0. The Labute approximate surface area is 85.2 Å². The van der Waals surface area contributed by atoms with Crippen molar-refractivity contribution in [3.05, 3.63) is 32.7 Å². The van der Waals surface area contributed by atoms with Crippen molar-refractivity contribution in [1.29, 1.82) is 0 Å². The topological polar surface area (TPSA) is 71.8 Å². The van der Waals surface area contributed by atoms with Crippen LogP contribution < -0.4 is 0 Å². The molecule has 7 heteroatoms. The number of H-pyrrole nitrogens is 1. The molecule has 0 aliphatic heterocycles. The predicted molar refractivity (Wildman–Crippen MR) is 50.4 cm³/mol. The number of hydrogen-bond donors (Lipinski definition) is 1. The smallest absolute Gasteiger partial charge is 0.258 e. The highest BCUT2D eigenvalue weighted by Gasteiger charge is 2.14. The van der Waals surface area contributed by atoms with Gasteiger partial charge in [-0.15, -0.1) is 0 Å². The van der Waals surface area contributed by atoms with E-state index in [-0.39, 0.29) is 11.1 Å². The van der Waals surface area contributed by atoms with E-state index in [1.54, 1.807) is 0 Å². The van der Waals surface area contributed by atoms with Crippen molar-refractivity contribution in [1.82, 2.24) is 10.2 Å². The fourth-order valence-electron chi connectivity index (χ4n) is 1.14. The Bertz CT molecular complexity index is 525. The van der Waals surface area contributed by atoms with Gasteiger partial charge in [0.25, 0.3) is 5.69 Å². The van der Waals surface area contributed by atoms with E-state index in [2.05, 4.69) is 26.1 Å². The summed E-state index contributed by atoms with van der Waals surface area (Å²) in [7, 11) is 0. The van der Waals surface area contributed by atoms with Crippen molar-refractivity contribution in [2.75, 3.05) is 0 Å². The normalized spacial score (nSPS) is 10.7. The van der Waals surface area contributed by atoms with Crippen LogP contribution in [0.25, 0.3) is 10.9 Å². The Kier molecular flexibility index (Phi) is 1.95. The third-order valence-electron chi connectivity index (χ3n) is 1.76. The number of fused-ring (bicyclic) bond motifs is 1. The van der Waals surface area contributed by atoms with E-state index < -0.39 is 10.9 Å². The number of rotatable bonds is 1. The molecule has 2 rings (SSSR count). The summed E-state index contributed by atoms with van der Waals surface area (Å²) in [6.07, 6.45) is 0. The monoisotopic (exact) mass is 259 g/mol. The third kappa shape index (κ3) is 1.25. The largest absolute Gasteiger partial charge is 0.271 e. The number of aromatic nitrogens is 2. The molecule has 2 aromatic rings. The second kappa shape index (κ2) is 3.02. The fourth-order valence-corrected chi connectivity index (χ4v) is 1.67. The summed E-state index contributed by atoms with van der Waals surface area (Å²) in [5, 5.41) is 16.3. The van der Waals surface area contributed by atoms with Crippen molar-refractivity contribution in [2.45, 2.75) is 0 Å². The third-order valence-corrected chi connectivity index (χ3v) is 2.37. The number of nitrogens with zero attached hydrogens (tertiary/aromatic N) is 2. The molecule has 0 spiro atoms. The molecular formula is C7H3BrFN3O2. The number of halogens is 2. The molecule has 14 heavy (non-hydrogen) atoms. The molecule has 5 nitrogen and oxygen atoms in total. The number of non-ortho nitro benzene ring substituents is 1. The second-order valence-corrected chi connectivity index (χ2v) is 3.47. The van der Waals surface area contributed by atoms with E-state index in [9.17, 15) is 14.5 Å². The van der Waals surface area contributed by atoms with Gasteiger partial charge in [0.15, 0.2) is 0 Å². The van der Waals surface area contributed by atoms with Crippen LogP contribution in [0.1, 0.15) is 0 Å². The van der Waals surface area contributed by atoms with Crippen molar-refractivity contribution in [3.8, 4) is 0 Å². The van der Waals surface area contributed by atoms with Crippen LogP contribution >= 0.6 is 15.9 Å². The predicted octanol–water partition coefficient (Wildman–Crippen LogP) is 2.37. The van der Waals surface area contributed by atoms with Gasteiger partial charge in [-0.1, -0.05) is 0 Å². The minimum atomic E-state index is -0.676.